The second-order valence-electron chi connectivity index (χ2n) is 5.18. The minimum Gasteiger partial charge on any atom is -0.321 e. The fourth-order valence-corrected chi connectivity index (χ4v) is 2.51. The molecule has 0 unspecified atom stereocenters. The third kappa shape index (κ3) is 2.05. The molecule has 0 saturated heterocycles. The lowest BCUT2D eigenvalue weighted by Gasteiger charge is -2.03. The van der Waals surface area contributed by atoms with Crippen molar-refractivity contribution in [3.05, 3.63) is 55.2 Å². The van der Waals surface area contributed by atoms with Gasteiger partial charge in [0.2, 0.25) is 0 Å². The number of aryl methyl sites for hydroxylation is 2. The van der Waals surface area contributed by atoms with Crippen LogP contribution in [0.4, 0.5) is 5.69 Å². The molecule has 0 aliphatic rings. The molecule has 3 rings (SSSR count). The van der Waals surface area contributed by atoms with E-state index in [2.05, 4.69) is 4.98 Å². The fraction of sp³-hybridized carbons (Fsp3) is 0.214. The lowest BCUT2D eigenvalue weighted by Crippen LogP contribution is -2.37. The molecule has 1 aromatic carbocycles. The van der Waals surface area contributed by atoms with Gasteiger partial charge in [0, 0.05) is 38.8 Å². The van der Waals surface area contributed by atoms with Gasteiger partial charge in [0.1, 0.15) is 5.82 Å². The predicted molar refractivity (Wildman–Crippen MR) is 83.3 cm³/mol. The highest BCUT2D eigenvalue weighted by atomic mass is 16.6. The molecule has 2 aromatic heterocycles. The zero-order valence-corrected chi connectivity index (χ0v) is 12.7. The van der Waals surface area contributed by atoms with Gasteiger partial charge in [-0.15, -0.1) is 0 Å². The van der Waals surface area contributed by atoms with Crippen LogP contribution in [0.5, 0.6) is 0 Å². The minimum absolute atomic E-state index is 0.0316. The van der Waals surface area contributed by atoms with Gasteiger partial charge in [-0.2, -0.15) is 0 Å². The van der Waals surface area contributed by atoms with Crippen LogP contribution in [0, 0.1) is 10.1 Å². The van der Waals surface area contributed by atoms with Crippen LogP contribution in [0.15, 0.2) is 33.9 Å². The van der Waals surface area contributed by atoms with Crippen LogP contribution in [-0.4, -0.2) is 23.6 Å². The Kier molecular flexibility index (Phi) is 3.13. The average molecular weight is 315 g/mol. The number of benzene rings is 1. The van der Waals surface area contributed by atoms with Gasteiger partial charge in [0.05, 0.1) is 4.92 Å². The first-order chi connectivity index (χ1) is 10.8. The van der Waals surface area contributed by atoms with E-state index in [0.717, 1.165) is 4.57 Å². The van der Waals surface area contributed by atoms with Crippen molar-refractivity contribution >= 4 is 16.9 Å². The number of nitro benzene ring substituents is 1. The number of aromatic nitrogens is 4. The Hall–Kier alpha value is -3.23. The molecule has 0 saturated carbocycles. The van der Waals surface area contributed by atoms with E-state index in [0.29, 0.717) is 16.9 Å². The molecule has 0 atom stereocenters. The number of nitrogens with zero attached hydrogens (tertiary/aromatic N) is 5. The highest BCUT2D eigenvalue weighted by Gasteiger charge is 2.18. The third-order valence-electron chi connectivity index (χ3n) is 3.81. The van der Waals surface area contributed by atoms with Crippen LogP contribution in [0.25, 0.3) is 22.6 Å². The van der Waals surface area contributed by atoms with Gasteiger partial charge in [-0.1, -0.05) is 0 Å². The third-order valence-corrected chi connectivity index (χ3v) is 3.81. The van der Waals surface area contributed by atoms with Gasteiger partial charge in [-0.05, 0) is 12.1 Å². The second-order valence-corrected chi connectivity index (χ2v) is 5.18. The highest BCUT2D eigenvalue weighted by Crippen LogP contribution is 2.23. The molecule has 0 fully saturated rings. The molecule has 0 N–H and O–H groups in total. The average Bonchev–Trinajstić information content (AvgIpc) is 2.88. The molecular weight excluding hydrogens is 302 g/mol. The summed E-state index contributed by atoms with van der Waals surface area (Å²) in [6.07, 6.45) is 0. The van der Waals surface area contributed by atoms with Crippen molar-refractivity contribution in [2.75, 3.05) is 0 Å². The molecule has 0 amide bonds. The maximum atomic E-state index is 12.3. The van der Waals surface area contributed by atoms with Crippen molar-refractivity contribution in [3.8, 4) is 11.4 Å². The Balaban J connectivity index is 2.32. The molecule has 3 aromatic rings. The summed E-state index contributed by atoms with van der Waals surface area (Å²) in [5, 5.41) is 10.7. The maximum absolute atomic E-state index is 12.3. The van der Waals surface area contributed by atoms with Crippen LogP contribution in [0.1, 0.15) is 0 Å². The molecule has 0 spiro atoms. The lowest BCUT2D eigenvalue weighted by molar-refractivity contribution is -0.384. The summed E-state index contributed by atoms with van der Waals surface area (Å²) < 4.78 is 3.90. The standard InChI is InChI=1S/C14H13N5O4/c1-16-10-12(17(2)14(21)18(3)13(10)20)15-11(16)8-4-6-9(7-5-8)19(22)23/h4-7H,1-3H3. The number of imidazole rings is 1. The number of hydrogen-bond donors (Lipinski definition) is 0. The molecule has 118 valence electrons. The van der Waals surface area contributed by atoms with E-state index >= 15 is 0 Å². The molecule has 0 bridgehead atoms. The quantitative estimate of drug-likeness (QED) is 0.507. The highest BCUT2D eigenvalue weighted by molar-refractivity contribution is 5.77. The Labute approximate surface area is 129 Å². The number of nitro groups is 1. The molecule has 0 radical (unpaired) electrons. The topological polar surface area (TPSA) is 105 Å². The molecule has 2 heterocycles. The van der Waals surface area contributed by atoms with Crippen LogP contribution in [0.3, 0.4) is 0 Å². The Morgan fingerprint density at radius 3 is 2.17 bits per heavy atom. The van der Waals surface area contributed by atoms with E-state index in [-0.39, 0.29) is 11.3 Å². The summed E-state index contributed by atoms with van der Waals surface area (Å²) in [6, 6.07) is 5.85. The number of fused-ring (bicyclic) bond motifs is 1. The van der Waals surface area contributed by atoms with Crippen molar-refractivity contribution in [1.82, 2.24) is 18.7 Å². The van der Waals surface area contributed by atoms with E-state index < -0.39 is 16.2 Å². The van der Waals surface area contributed by atoms with Crippen LogP contribution >= 0.6 is 0 Å². The van der Waals surface area contributed by atoms with Crippen molar-refractivity contribution < 1.29 is 4.92 Å². The summed E-state index contributed by atoms with van der Waals surface area (Å²) >= 11 is 0. The summed E-state index contributed by atoms with van der Waals surface area (Å²) in [4.78, 5) is 38.9. The van der Waals surface area contributed by atoms with Gasteiger partial charge < -0.3 is 4.57 Å². The summed E-state index contributed by atoms with van der Waals surface area (Å²) in [7, 11) is 4.61. The normalized spacial score (nSPS) is 11.1. The first-order valence-corrected chi connectivity index (χ1v) is 6.70. The van der Waals surface area contributed by atoms with Crippen molar-refractivity contribution in [3.63, 3.8) is 0 Å². The van der Waals surface area contributed by atoms with E-state index in [1.165, 1.54) is 30.8 Å². The summed E-state index contributed by atoms with van der Waals surface area (Å²) in [6.45, 7) is 0. The van der Waals surface area contributed by atoms with Crippen molar-refractivity contribution in [2.24, 2.45) is 21.1 Å². The molecular formula is C14H13N5O4. The number of hydrogen-bond acceptors (Lipinski definition) is 5. The number of non-ortho nitro benzene ring substituents is 1. The summed E-state index contributed by atoms with van der Waals surface area (Å²) in [5.74, 6) is 0.452. The second kappa shape index (κ2) is 4.90. The van der Waals surface area contributed by atoms with E-state index in [1.807, 2.05) is 0 Å². The van der Waals surface area contributed by atoms with Crippen LogP contribution < -0.4 is 11.2 Å². The molecule has 9 heteroatoms. The van der Waals surface area contributed by atoms with E-state index in [9.17, 15) is 19.7 Å². The molecule has 0 aliphatic heterocycles. The van der Waals surface area contributed by atoms with Gasteiger partial charge in [-0.3, -0.25) is 24.0 Å². The van der Waals surface area contributed by atoms with Gasteiger partial charge in [0.15, 0.2) is 11.2 Å². The van der Waals surface area contributed by atoms with Crippen molar-refractivity contribution in [1.29, 1.82) is 0 Å². The molecule has 0 aliphatic carbocycles. The van der Waals surface area contributed by atoms with Crippen LogP contribution in [0.2, 0.25) is 0 Å². The Morgan fingerprint density at radius 2 is 1.61 bits per heavy atom. The lowest BCUT2D eigenvalue weighted by atomic mass is 10.2. The minimum atomic E-state index is -0.488. The van der Waals surface area contributed by atoms with Gasteiger partial charge in [0.25, 0.3) is 11.2 Å². The molecule has 23 heavy (non-hydrogen) atoms. The summed E-state index contributed by atoms with van der Waals surface area (Å²) in [5.41, 5.74) is 0.249. The molecule has 9 nitrogen and oxygen atoms in total. The van der Waals surface area contributed by atoms with E-state index in [1.54, 1.807) is 23.7 Å². The van der Waals surface area contributed by atoms with Crippen molar-refractivity contribution in [2.45, 2.75) is 0 Å². The largest absolute Gasteiger partial charge is 0.332 e. The zero-order valence-electron chi connectivity index (χ0n) is 12.7. The first-order valence-electron chi connectivity index (χ1n) is 6.70. The zero-order chi connectivity index (χ0) is 16.9. The fourth-order valence-electron chi connectivity index (χ4n) is 2.51. The smallest absolute Gasteiger partial charge is 0.321 e. The SMILES string of the molecule is Cn1c(=O)c2c(nc(-c3ccc([N+](=O)[O-])cc3)n2C)n(C)c1=O. The maximum Gasteiger partial charge on any atom is 0.332 e. The Bertz CT molecular complexity index is 1060. The Morgan fingerprint density at radius 1 is 1.00 bits per heavy atom. The van der Waals surface area contributed by atoms with Gasteiger partial charge >= 0.3 is 5.69 Å². The monoisotopic (exact) mass is 315 g/mol. The van der Waals surface area contributed by atoms with Gasteiger partial charge in [-0.25, -0.2) is 9.78 Å². The predicted octanol–water partition coefficient (Wildman–Crippen LogP) is 0.546. The van der Waals surface area contributed by atoms with E-state index in [4.69, 9.17) is 0 Å². The van der Waals surface area contributed by atoms with Crippen LogP contribution in [-0.2, 0) is 21.1 Å². The number of rotatable bonds is 2. The first kappa shape index (κ1) is 14.7.